The molecule has 1 amide bonds. The second-order valence-electron chi connectivity index (χ2n) is 7.22. The van der Waals surface area contributed by atoms with E-state index in [1.165, 1.54) is 13.1 Å². The van der Waals surface area contributed by atoms with Crippen LogP contribution in [-0.2, 0) is 19.3 Å². The number of halogens is 3. The number of nitrogens with two attached hydrogens (primary N) is 1. The zero-order chi connectivity index (χ0) is 22.9. The van der Waals surface area contributed by atoms with Gasteiger partial charge in [-0.3, -0.25) is 15.1 Å². The number of nitrogens with one attached hydrogen (secondary N) is 2. The van der Waals surface area contributed by atoms with Gasteiger partial charge in [-0.05, 0) is 44.4 Å². The SMILES string of the molecule is CN(C)Cc1ccc(COc2ccc(C(F)(F)F)c3cc(C(=O)N(C)C(=N)N)[nH]c23)o1. The van der Waals surface area contributed by atoms with Gasteiger partial charge >= 0.3 is 6.18 Å². The second kappa shape index (κ2) is 8.34. The van der Waals surface area contributed by atoms with Crippen LogP contribution < -0.4 is 10.5 Å². The zero-order valence-corrected chi connectivity index (χ0v) is 17.1. The molecular formula is C20H22F3N5O3. The van der Waals surface area contributed by atoms with Crippen LogP contribution in [0.3, 0.4) is 0 Å². The molecule has 0 aliphatic carbocycles. The van der Waals surface area contributed by atoms with Crippen LogP contribution in [-0.4, -0.2) is 47.8 Å². The van der Waals surface area contributed by atoms with Gasteiger partial charge in [0.1, 0.15) is 29.6 Å². The number of rotatable bonds is 6. The first kappa shape index (κ1) is 22.2. The number of alkyl halides is 3. The van der Waals surface area contributed by atoms with Crippen molar-refractivity contribution in [3.63, 3.8) is 0 Å². The Hall–Kier alpha value is -3.47. The lowest BCUT2D eigenvalue weighted by molar-refractivity contribution is -0.136. The van der Waals surface area contributed by atoms with Gasteiger partial charge < -0.3 is 24.8 Å². The van der Waals surface area contributed by atoms with Crippen LogP contribution >= 0.6 is 0 Å². The molecule has 0 bridgehead atoms. The van der Waals surface area contributed by atoms with Crippen LogP contribution in [0, 0.1) is 5.41 Å². The number of hydrogen-bond acceptors (Lipinski definition) is 5. The van der Waals surface area contributed by atoms with Gasteiger partial charge in [-0.25, -0.2) is 0 Å². The highest BCUT2D eigenvalue weighted by Gasteiger charge is 2.34. The Bertz CT molecular complexity index is 1120. The molecule has 0 fully saturated rings. The van der Waals surface area contributed by atoms with Crippen molar-refractivity contribution in [3.8, 4) is 5.75 Å². The molecule has 2 aromatic heterocycles. The van der Waals surface area contributed by atoms with E-state index in [9.17, 15) is 18.0 Å². The lowest BCUT2D eigenvalue weighted by atomic mass is 10.1. The van der Waals surface area contributed by atoms with E-state index in [2.05, 4.69) is 4.98 Å². The minimum Gasteiger partial charge on any atom is -0.483 e. The van der Waals surface area contributed by atoms with Crippen LogP contribution in [0.25, 0.3) is 10.9 Å². The van der Waals surface area contributed by atoms with Crippen molar-refractivity contribution in [3.05, 3.63) is 53.1 Å². The minimum atomic E-state index is -4.63. The first-order chi connectivity index (χ1) is 14.5. The summed E-state index contributed by atoms with van der Waals surface area (Å²) in [5.41, 5.74) is 4.24. The minimum absolute atomic E-state index is 0.00944. The van der Waals surface area contributed by atoms with Gasteiger partial charge in [0.15, 0.2) is 5.96 Å². The molecule has 0 aliphatic heterocycles. The third kappa shape index (κ3) is 4.82. The van der Waals surface area contributed by atoms with Crippen molar-refractivity contribution in [1.29, 1.82) is 5.41 Å². The normalized spacial score (nSPS) is 11.8. The number of carbonyl (C=O) groups is 1. The molecule has 0 aliphatic rings. The monoisotopic (exact) mass is 437 g/mol. The molecule has 0 spiro atoms. The van der Waals surface area contributed by atoms with Crippen molar-refractivity contribution in [2.24, 2.45) is 5.73 Å². The molecule has 0 unspecified atom stereocenters. The number of H-pyrrole nitrogens is 1. The van der Waals surface area contributed by atoms with Crippen molar-refractivity contribution >= 4 is 22.8 Å². The Balaban J connectivity index is 1.95. The van der Waals surface area contributed by atoms with Gasteiger partial charge in [-0.1, -0.05) is 0 Å². The summed E-state index contributed by atoms with van der Waals surface area (Å²) in [6.07, 6.45) is -4.63. The van der Waals surface area contributed by atoms with Crippen LogP contribution in [0.1, 0.15) is 27.6 Å². The standard InChI is InChI=1S/C20H22F3N5O3/c1-27(2)9-11-4-5-12(31-11)10-30-16-7-6-14(20(21,22)23)13-8-15(26-17(13)16)18(29)28(3)19(24)25/h4-8,26H,9-10H2,1-3H3,(H3,24,25). The van der Waals surface area contributed by atoms with Crippen LogP contribution in [0.2, 0.25) is 0 Å². The number of guanidine groups is 1. The Morgan fingerprint density at radius 3 is 2.48 bits per heavy atom. The molecule has 8 nitrogen and oxygen atoms in total. The Morgan fingerprint density at radius 2 is 1.87 bits per heavy atom. The molecule has 0 radical (unpaired) electrons. The number of hydrogen-bond donors (Lipinski definition) is 3. The molecule has 4 N–H and O–H groups in total. The molecule has 3 aromatic rings. The molecule has 0 saturated heterocycles. The number of furan rings is 1. The fourth-order valence-electron chi connectivity index (χ4n) is 3.01. The number of amides is 1. The number of aromatic nitrogens is 1. The first-order valence-electron chi connectivity index (χ1n) is 9.17. The lowest BCUT2D eigenvalue weighted by Crippen LogP contribution is -2.38. The summed E-state index contributed by atoms with van der Waals surface area (Å²) in [5, 5.41) is 7.13. The molecule has 11 heteroatoms. The Kier molecular flexibility index (Phi) is 5.98. The van der Waals surface area contributed by atoms with E-state index in [-0.39, 0.29) is 29.0 Å². The number of benzene rings is 1. The van der Waals surface area contributed by atoms with Crippen molar-refractivity contribution in [2.75, 3.05) is 21.1 Å². The molecule has 1 aromatic carbocycles. The zero-order valence-electron chi connectivity index (χ0n) is 17.1. The van der Waals surface area contributed by atoms with Crippen LogP contribution in [0.4, 0.5) is 13.2 Å². The van der Waals surface area contributed by atoms with E-state index in [1.54, 1.807) is 12.1 Å². The molecule has 3 rings (SSSR count). The van der Waals surface area contributed by atoms with Gasteiger partial charge in [0, 0.05) is 12.4 Å². The highest BCUT2D eigenvalue weighted by Crippen LogP contribution is 2.39. The van der Waals surface area contributed by atoms with Crippen molar-refractivity contribution in [2.45, 2.75) is 19.3 Å². The van der Waals surface area contributed by atoms with E-state index in [0.717, 1.165) is 22.8 Å². The fourth-order valence-corrected chi connectivity index (χ4v) is 3.01. The summed E-state index contributed by atoms with van der Waals surface area (Å²) < 4.78 is 51.8. The highest BCUT2D eigenvalue weighted by molar-refractivity contribution is 6.06. The summed E-state index contributed by atoms with van der Waals surface area (Å²) in [4.78, 5) is 17.8. The summed E-state index contributed by atoms with van der Waals surface area (Å²) in [6.45, 7) is 0.583. The fraction of sp³-hybridized carbons (Fsp3) is 0.300. The maximum atomic E-state index is 13.5. The Labute approximate surface area is 175 Å². The van der Waals surface area contributed by atoms with Crippen LogP contribution in [0.15, 0.2) is 34.7 Å². The summed E-state index contributed by atoms with van der Waals surface area (Å²) in [7, 11) is 5.04. The van der Waals surface area contributed by atoms with Crippen molar-refractivity contribution < 1.29 is 27.1 Å². The molecular weight excluding hydrogens is 415 g/mol. The molecule has 0 saturated carbocycles. The highest BCUT2D eigenvalue weighted by atomic mass is 19.4. The summed E-state index contributed by atoms with van der Waals surface area (Å²) in [6, 6.07) is 6.69. The number of fused-ring (bicyclic) bond motifs is 1. The third-order valence-corrected chi connectivity index (χ3v) is 4.52. The molecule has 31 heavy (non-hydrogen) atoms. The summed E-state index contributed by atoms with van der Waals surface area (Å²) in [5.74, 6) is 0.0630. The van der Waals surface area contributed by atoms with E-state index in [1.807, 2.05) is 19.0 Å². The predicted molar refractivity (Wildman–Crippen MR) is 108 cm³/mol. The molecule has 0 atom stereocenters. The van der Waals surface area contributed by atoms with E-state index in [4.69, 9.17) is 20.3 Å². The number of carbonyl (C=O) groups excluding carboxylic acids is 1. The number of aromatic amines is 1. The summed E-state index contributed by atoms with van der Waals surface area (Å²) >= 11 is 0. The number of ether oxygens (including phenoxy) is 1. The molecule has 2 heterocycles. The topological polar surface area (TPSA) is 112 Å². The maximum absolute atomic E-state index is 13.5. The lowest BCUT2D eigenvalue weighted by Gasteiger charge is -2.12. The van der Waals surface area contributed by atoms with E-state index >= 15 is 0 Å². The van der Waals surface area contributed by atoms with E-state index < -0.39 is 23.6 Å². The van der Waals surface area contributed by atoms with Crippen molar-refractivity contribution in [1.82, 2.24) is 14.8 Å². The predicted octanol–water partition coefficient (Wildman–Crippen LogP) is 3.39. The quantitative estimate of drug-likeness (QED) is 0.404. The third-order valence-electron chi connectivity index (χ3n) is 4.52. The van der Waals surface area contributed by atoms with Gasteiger partial charge in [-0.15, -0.1) is 0 Å². The largest absolute Gasteiger partial charge is 0.483 e. The van der Waals surface area contributed by atoms with Gasteiger partial charge in [-0.2, -0.15) is 13.2 Å². The maximum Gasteiger partial charge on any atom is 0.417 e. The van der Waals surface area contributed by atoms with Gasteiger partial charge in [0.05, 0.1) is 17.6 Å². The molecule has 166 valence electrons. The van der Waals surface area contributed by atoms with Gasteiger partial charge in [0.25, 0.3) is 5.91 Å². The van der Waals surface area contributed by atoms with Gasteiger partial charge in [0.2, 0.25) is 0 Å². The second-order valence-corrected chi connectivity index (χ2v) is 7.22. The average molecular weight is 437 g/mol. The number of nitrogens with zero attached hydrogens (tertiary/aromatic N) is 2. The van der Waals surface area contributed by atoms with E-state index in [0.29, 0.717) is 12.3 Å². The smallest absolute Gasteiger partial charge is 0.417 e. The average Bonchev–Trinajstić information content (AvgIpc) is 3.30. The first-order valence-corrected chi connectivity index (χ1v) is 9.17. The Morgan fingerprint density at radius 1 is 1.19 bits per heavy atom. The van der Waals surface area contributed by atoms with Crippen LogP contribution in [0.5, 0.6) is 5.75 Å².